The van der Waals surface area contributed by atoms with Gasteiger partial charge in [0.05, 0.1) is 12.6 Å². The van der Waals surface area contributed by atoms with Gasteiger partial charge in [0.15, 0.2) is 23.1 Å². The Morgan fingerprint density at radius 3 is 2.93 bits per heavy atom. The molecule has 2 unspecified atom stereocenters. The fourth-order valence-electron chi connectivity index (χ4n) is 2.82. The minimum Gasteiger partial charge on any atom is -0.468 e. The summed E-state index contributed by atoms with van der Waals surface area (Å²) in [5.74, 6) is -0.169. The number of nitrogens with zero attached hydrogens (tertiary/aromatic N) is 4. The SMILES string of the molecule is CCCCC(N)C(=O)NC1=C(n2cnc3c(N)ncnc32)O[C@H](CO)C1O. The lowest BCUT2D eigenvalue weighted by Crippen LogP contribution is -2.43. The predicted octanol–water partition coefficient (Wildman–Crippen LogP) is -1.08. The summed E-state index contributed by atoms with van der Waals surface area (Å²) in [6, 6.07) is -0.725. The number of aliphatic hydroxyl groups excluding tert-OH is 2. The Balaban J connectivity index is 1.97. The lowest BCUT2D eigenvalue weighted by atomic mass is 10.1. The Labute approximate surface area is 155 Å². The first-order chi connectivity index (χ1) is 13.0. The highest BCUT2D eigenvalue weighted by Gasteiger charge is 2.38. The highest BCUT2D eigenvalue weighted by molar-refractivity contribution is 5.86. The number of carbonyl (C=O) groups is 1. The van der Waals surface area contributed by atoms with Gasteiger partial charge in [0.25, 0.3) is 0 Å². The van der Waals surface area contributed by atoms with Crippen LogP contribution in [0.4, 0.5) is 5.82 Å². The van der Waals surface area contributed by atoms with Crippen LogP contribution < -0.4 is 16.8 Å². The zero-order valence-electron chi connectivity index (χ0n) is 14.9. The van der Waals surface area contributed by atoms with E-state index in [0.29, 0.717) is 17.6 Å². The molecule has 27 heavy (non-hydrogen) atoms. The number of nitrogen functional groups attached to an aromatic ring is 1. The number of hydrogen-bond acceptors (Lipinski definition) is 9. The predicted molar refractivity (Wildman–Crippen MR) is 96.6 cm³/mol. The first-order valence-electron chi connectivity index (χ1n) is 8.68. The monoisotopic (exact) mass is 377 g/mol. The number of imidazole rings is 1. The third-order valence-electron chi connectivity index (χ3n) is 4.37. The number of nitrogens with two attached hydrogens (primary N) is 2. The molecule has 11 heteroatoms. The lowest BCUT2D eigenvalue weighted by molar-refractivity contribution is -0.122. The molecule has 3 atom stereocenters. The second kappa shape index (κ2) is 7.86. The number of carbonyl (C=O) groups excluding carboxylic acids is 1. The summed E-state index contributed by atoms with van der Waals surface area (Å²) in [4.78, 5) is 24.5. The van der Waals surface area contributed by atoms with E-state index in [1.165, 1.54) is 17.2 Å². The van der Waals surface area contributed by atoms with Crippen molar-refractivity contribution in [3.8, 4) is 0 Å². The van der Waals surface area contributed by atoms with Crippen LogP contribution in [0.1, 0.15) is 26.2 Å². The maximum atomic E-state index is 12.4. The van der Waals surface area contributed by atoms with Gasteiger partial charge < -0.3 is 31.7 Å². The maximum Gasteiger partial charge on any atom is 0.241 e. The van der Waals surface area contributed by atoms with Gasteiger partial charge in [0.1, 0.15) is 24.5 Å². The van der Waals surface area contributed by atoms with Gasteiger partial charge >= 0.3 is 0 Å². The van der Waals surface area contributed by atoms with E-state index in [0.717, 1.165) is 12.8 Å². The smallest absolute Gasteiger partial charge is 0.241 e. The molecule has 0 fully saturated rings. The molecule has 0 spiro atoms. The number of fused-ring (bicyclic) bond motifs is 1. The van der Waals surface area contributed by atoms with Crippen molar-refractivity contribution in [2.45, 2.75) is 44.4 Å². The normalized spacial score (nSPS) is 20.7. The number of hydrogen-bond donors (Lipinski definition) is 5. The van der Waals surface area contributed by atoms with Crippen LogP contribution in [-0.4, -0.2) is 60.5 Å². The maximum absolute atomic E-state index is 12.4. The first kappa shape index (κ1) is 19.0. The third-order valence-corrected chi connectivity index (χ3v) is 4.37. The number of nitrogens with one attached hydrogen (secondary N) is 1. The molecule has 1 aliphatic heterocycles. The van der Waals surface area contributed by atoms with E-state index in [2.05, 4.69) is 20.3 Å². The average Bonchev–Trinajstić information content (AvgIpc) is 3.22. The van der Waals surface area contributed by atoms with Crippen LogP contribution in [0.3, 0.4) is 0 Å². The van der Waals surface area contributed by atoms with Crippen LogP contribution >= 0.6 is 0 Å². The van der Waals surface area contributed by atoms with Gasteiger partial charge in [0.2, 0.25) is 11.8 Å². The molecule has 2 aromatic rings. The van der Waals surface area contributed by atoms with Crippen LogP contribution in [0, 0.1) is 0 Å². The van der Waals surface area contributed by atoms with E-state index in [9.17, 15) is 15.0 Å². The Morgan fingerprint density at radius 2 is 2.22 bits per heavy atom. The molecule has 146 valence electrons. The van der Waals surface area contributed by atoms with Crippen molar-refractivity contribution in [1.29, 1.82) is 0 Å². The summed E-state index contributed by atoms with van der Waals surface area (Å²) in [6.07, 6.45) is 2.70. The number of unbranched alkanes of at least 4 members (excludes halogenated alkanes) is 1. The van der Waals surface area contributed by atoms with E-state index in [-0.39, 0.29) is 17.4 Å². The van der Waals surface area contributed by atoms with Crippen molar-refractivity contribution >= 4 is 28.8 Å². The van der Waals surface area contributed by atoms with E-state index in [1.807, 2.05) is 6.92 Å². The zero-order chi connectivity index (χ0) is 19.6. The molecular weight excluding hydrogens is 354 g/mol. The fourth-order valence-corrected chi connectivity index (χ4v) is 2.82. The van der Waals surface area contributed by atoms with Crippen molar-refractivity contribution in [3.05, 3.63) is 18.4 Å². The number of ether oxygens (including phenoxy) is 1. The van der Waals surface area contributed by atoms with Gasteiger partial charge in [-0.3, -0.25) is 9.36 Å². The van der Waals surface area contributed by atoms with Crippen molar-refractivity contribution < 1.29 is 19.7 Å². The number of anilines is 1. The van der Waals surface area contributed by atoms with Crippen molar-refractivity contribution in [1.82, 2.24) is 24.8 Å². The average molecular weight is 377 g/mol. The van der Waals surface area contributed by atoms with Gasteiger partial charge in [0, 0.05) is 0 Å². The summed E-state index contributed by atoms with van der Waals surface area (Å²) >= 11 is 0. The van der Waals surface area contributed by atoms with Crippen LogP contribution in [0.2, 0.25) is 0 Å². The van der Waals surface area contributed by atoms with Gasteiger partial charge in [-0.2, -0.15) is 0 Å². The largest absolute Gasteiger partial charge is 0.468 e. The number of rotatable bonds is 7. The second-order valence-electron chi connectivity index (χ2n) is 6.29. The van der Waals surface area contributed by atoms with Crippen molar-refractivity contribution in [3.63, 3.8) is 0 Å². The summed E-state index contributed by atoms with van der Waals surface area (Å²) in [5, 5.41) is 22.6. The molecule has 0 aliphatic carbocycles. The number of aliphatic hydroxyl groups is 2. The Hall–Kier alpha value is -2.76. The van der Waals surface area contributed by atoms with E-state index < -0.39 is 30.8 Å². The Bertz CT molecular complexity index is 866. The molecule has 0 saturated heterocycles. The topological polar surface area (TPSA) is 174 Å². The molecule has 11 nitrogen and oxygen atoms in total. The van der Waals surface area contributed by atoms with Crippen LogP contribution in [0.15, 0.2) is 18.4 Å². The quantitative estimate of drug-likeness (QED) is 0.402. The number of amides is 1. The van der Waals surface area contributed by atoms with Gasteiger partial charge in [-0.1, -0.05) is 19.8 Å². The molecule has 1 aliphatic rings. The molecule has 3 rings (SSSR count). The lowest BCUT2D eigenvalue weighted by Gasteiger charge is -2.15. The molecule has 0 bridgehead atoms. The summed E-state index contributed by atoms with van der Waals surface area (Å²) in [6.45, 7) is 1.55. The highest BCUT2D eigenvalue weighted by Crippen LogP contribution is 2.30. The van der Waals surface area contributed by atoms with Gasteiger partial charge in [-0.05, 0) is 6.42 Å². The highest BCUT2D eigenvalue weighted by atomic mass is 16.5. The zero-order valence-corrected chi connectivity index (χ0v) is 14.9. The minimum atomic E-state index is -1.25. The van der Waals surface area contributed by atoms with E-state index in [1.54, 1.807) is 0 Å². The van der Waals surface area contributed by atoms with Gasteiger partial charge in [-0.25, -0.2) is 15.0 Å². The molecule has 0 saturated carbocycles. The number of aromatic nitrogens is 4. The molecule has 0 radical (unpaired) electrons. The minimum absolute atomic E-state index is 0.0856. The van der Waals surface area contributed by atoms with Crippen LogP contribution in [0.25, 0.3) is 17.0 Å². The summed E-state index contributed by atoms with van der Waals surface area (Å²) in [7, 11) is 0. The third kappa shape index (κ3) is 3.56. The Kier molecular flexibility index (Phi) is 5.54. The van der Waals surface area contributed by atoms with Crippen molar-refractivity contribution in [2.24, 2.45) is 5.73 Å². The molecule has 7 N–H and O–H groups in total. The summed E-state index contributed by atoms with van der Waals surface area (Å²) < 4.78 is 7.07. The van der Waals surface area contributed by atoms with Crippen LogP contribution in [-0.2, 0) is 9.53 Å². The van der Waals surface area contributed by atoms with E-state index in [4.69, 9.17) is 16.2 Å². The van der Waals surface area contributed by atoms with Crippen LogP contribution in [0.5, 0.6) is 0 Å². The standard InChI is InChI=1S/C16H23N7O4/c1-2-3-4-8(17)15(26)22-10-12(25)9(5-24)27-16(10)23-7-21-11-13(18)19-6-20-14(11)23/h6-9,12,24-25H,2-5,17H2,1H3,(H,22,26)(H2,18,19,20)/t8?,9-,12?/m1/s1. The first-order valence-corrected chi connectivity index (χ1v) is 8.68. The Morgan fingerprint density at radius 1 is 1.44 bits per heavy atom. The summed E-state index contributed by atoms with van der Waals surface area (Å²) in [5.41, 5.74) is 12.5. The molecule has 3 heterocycles. The second-order valence-corrected chi connectivity index (χ2v) is 6.29. The van der Waals surface area contributed by atoms with Crippen molar-refractivity contribution in [2.75, 3.05) is 12.3 Å². The fraction of sp³-hybridized carbons (Fsp3) is 0.500. The molecule has 0 aromatic carbocycles. The van der Waals surface area contributed by atoms with E-state index >= 15 is 0 Å². The molecule has 2 aromatic heterocycles. The molecule has 1 amide bonds. The molecular formula is C16H23N7O4. The van der Waals surface area contributed by atoms with Gasteiger partial charge in [-0.15, -0.1) is 0 Å².